The molecule has 59 heavy (non-hydrogen) atoms. The number of aryl methyl sites for hydroxylation is 1. The zero-order valence-corrected chi connectivity index (χ0v) is 36.5. The summed E-state index contributed by atoms with van der Waals surface area (Å²) < 4.78 is 5.35. The van der Waals surface area contributed by atoms with Crippen LogP contribution in [0.5, 0.6) is 0 Å². The monoisotopic (exact) mass is 822 g/mol. The van der Waals surface area contributed by atoms with Crippen molar-refractivity contribution >= 4 is 41.5 Å². The number of hydrogen-bond acceptors (Lipinski definition) is 8. The third kappa shape index (κ3) is 17.1. The summed E-state index contributed by atoms with van der Waals surface area (Å²) in [6.45, 7) is 19.0. The molecule has 0 radical (unpaired) electrons. The smallest absolute Gasteiger partial charge is 0.408 e. The number of alkyl carbamates (subject to hydrolysis) is 1. The summed E-state index contributed by atoms with van der Waals surface area (Å²) in [5, 5.41) is 16.4. The first-order valence-electron chi connectivity index (χ1n) is 20.4. The van der Waals surface area contributed by atoms with Gasteiger partial charge in [-0.1, -0.05) is 116 Å². The van der Waals surface area contributed by atoms with Crippen molar-refractivity contribution in [2.24, 2.45) is 29.4 Å². The predicted molar refractivity (Wildman–Crippen MR) is 226 cm³/mol. The average molecular weight is 822 g/mol. The molecule has 0 saturated heterocycles. The molecule has 0 bridgehead atoms. The van der Waals surface area contributed by atoms with Crippen LogP contribution < -0.4 is 37.6 Å². The van der Waals surface area contributed by atoms with Gasteiger partial charge in [-0.2, -0.15) is 0 Å². The number of hydrogen-bond donors (Lipinski definition) is 7. The highest BCUT2D eigenvalue weighted by Gasteiger charge is 2.36. The number of nitrogens with two attached hydrogens (primary N) is 1. The lowest BCUT2D eigenvalue weighted by Crippen LogP contribution is -2.61. The Hall–Kier alpha value is -5.47. The standard InChI is InChI=1S/C44H67N7O8/c1-25(2)33(37(45)52)48-41(56)35(27(5)6)49-39(54)32(24-30-20-16-13-17-21-30)47-38(53)31(23-22-29-18-14-12-15-19-29)46-40(55)34(26(3)4)50-42(57)36(28(7)8)51-43(58)59-44(9,10)11/h12-21,25-28,31-36H,22-24H2,1-11H3,(H2,45,52)(H,46,55)(H,47,53)(H,48,56)(H,49,54)(H,50,57)(H,51,58)/t31-,32-,33-,34-,35-,36-/m0/s1. The molecule has 2 aromatic carbocycles. The quantitative estimate of drug-likeness (QED) is 0.0987. The zero-order valence-electron chi connectivity index (χ0n) is 36.5. The van der Waals surface area contributed by atoms with E-state index in [4.69, 9.17) is 10.5 Å². The van der Waals surface area contributed by atoms with E-state index in [0.29, 0.717) is 6.42 Å². The highest BCUT2D eigenvalue weighted by atomic mass is 16.6. The number of amides is 7. The molecule has 0 aliphatic carbocycles. The van der Waals surface area contributed by atoms with Crippen molar-refractivity contribution < 1.29 is 38.3 Å². The van der Waals surface area contributed by atoms with Gasteiger partial charge in [0, 0.05) is 6.42 Å². The topological polar surface area (TPSA) is 227 Å². The lowest BCUT2D eigenvalue weighted by atomic mass is 9.98. The van der Waals surface area contributed by atoms with Crippen LogP contribution in [0.25, 0.3) is 0 Å². The first kappa shape index (κ1) is 49.7. The minimum atomic E-state index is -1.20. The van der Waals surface area contributed by atoms with Crippen LogP contribution in [-0.2, 0) is 46.3 Å². The lowest BCUT2D eigenvalue weighted by molar-refractivity contribution is -0.136. The Balaban J connectivity index is 2.44. The van der Waals surface area contributed by atoms with Crippen LogP contribution in [0.4, 0.5) is 4.79 Å². The maximum atomic E-state index is 14.3. The molecule has 0 aromatic heterocycles. The van der Waals surface area contributed by atoms with Crippen molar-refractivity contribution in [1.29, 1.82) is 0 Å². The van der Waals surface area contributed by atoms with Crippen molar-refractivity contribution in [3.63, 3.8) is 0 Å². The molecule has 2 rings (SSSR count). The lowest BCUT2D eigenvalue weighted by Gasteiger charge is -2.30. The molecule has 2 aromatic rings. The van der Waals surface area contributed by atoms with Crippen LogP contribution in [0.1, 0.15) is 93.7 Å². The fourth-order valence-corrected chi connectivity index (χ4v) is 6.16. The SMILES string of the molecule is CC(C)[C@H](NC(=O)[C@@H](NC(=O)[C@H](Cc1ccccc1)NC(=O)[C@H](CCc1ccccc1)NC(=O)[C@@H](NC(=O)[C@@H](NC(=O)OC(C)(C)C)C(C)C)C(C)C)C(C)C)C(N)=O. The number of benzene rings is 2. The van der Waals surface area contributed by atoms with E-state index in [0.717, 1.165) is 11.1 Å². The highest BCUT2D eigenvalue weighted by Crippen LogP contribution is 2.14. The van der Waals surface area contributed by atoms with Gasteiger partial charge in [-0.3, -0.25) is 28.8 Å². The fraction of sp³-hybridized carbons (Fsp3) is 0.568. The molecule has 0 spiro atoms. The van der Waals surface area contributed by atoms with Gasteiger partial charge in [0.25, 0.3) is 0 Å². The molecule has 15 heteroatoms. The van der Waals surface area contributed by atoms with Crippen LogP contribution in [0, 0.1) is 23.7 Å². The van der Waals surface area contributed by atoms with E-state index in [2.05, 4.69) is 31.9 Å². The van der Waals surface area contributed by atoms with E-state index >= 15 is 0 Å². The van der Waals surface area contributed by atoms with E-state index in [9.17, 15) is 33.6 Å². The average Bonchev–Trinajstić information content (AvgIpc) is 3.14. The minimum Gasteiger partial charge on any atom is -0.444 e. The molecule has 326 valence electrons. The Morgan fingerprint density at radius 3 is 1.32 bits per heavy atom. The number of nitrogens with one attached hydrogen (secondary N) is 6. The van der Waals surface area contributed by atoms with Crippen LogP contribution in [0.2, 0.25) is 0 Å². The third-order valence-corrected chi connectivity index (χ3v) is 9.50. The van der Waals surface area contributed by atoms with E-state index in [-0.39, 0.29) is 24.7 Å². The summed E-state index contributed by atoms with van der Waals surface area (Å²) in [4.78, 5) is 94.2. The van der Waals surface area contributed by atoms with Gasteiger partial charge in [-0.15, -0.1) is 0 Å². The van der Waals surface area contributed by atoms with Crippen molar-refractivity contribution in [2.45, 2.75) is 137 Å². The van der Waals surface area contributed by atoms with Gasteiger partial charge in [-0.05, 0) is 68.4 Å². The Kier molecular flexibility index (Phi) is 19.5. The summed E-state index contributed by atoms with van der Waals surface area (Å²) in [6.07, 6.45) is -0.217. The van der Waals surface area contributed by atoms with Crippen molar-refractivity contribution in [3.8, 4) is 0 Å². The number of rotatable bonds is 21. The number of ether oxygens (including phenoxy) is 1. The molecule has 0 heterocycles. The van der Waals surface area contributed by atoms with Gasteiger partial charge in [-0.25, -0.2) is 4.79 Å². The molecular formula is C44H67N7O8. The van der Waals surface area contributed by atoms with Gasteiger partial charge in [0.2, 0.25) is 35.4 Å². The van der Waals surface area contributed by atoms with Gasteiger partial charge in [0.05, 0.1) is 0 Å². The van der Waals surface area contributed by atoms with Gasteiger partial charge in [0.15, 0.2) is 0 Å². The summed E-state index contributed by atoms with van der Waals surface area (Å²) in [6, 6.07) is 11.8. The Morgan fingerprint density at radius 2 is 0.881 bits per heavy atom. The molecule has 15 nitrogen and oxygen atoms in total. The summed E-state index contributed by atoms with van der Waals surface area (Å²) in [7, 11) is 0. The molecular weight excluding hydrogens is 755 g/mol. The largest absolute Gasteiger partial charge is 0.444 e. The van der Waals surface area contributed by atoms with Crippen molar-refractivity contribution in [3.05, 3.63) is 71.8 Å². The number of carbonyl (C=O) groups excluding carboxylic acids is 7. The van der Waals surface area contributed by atoms with Crippen molar-refractivity contribution in [2.75, 3.05) is 0 Å². The Labute approximate surface area is 349 Å². The Morgan fingerprint density at radius 1 is 0.508 bits per heavy atom. The maximum Gasteiger partial charge on any atom is 0.408 e. The first-order valence-corrected chi connectivity index (χ1v) is 20.4. The minimum absolute atomic E-state index is 0.0476. The van der Waals surface area contributed by atoms with E-state index in [1.807, 2.05) is 36.4 Å². The Bertz CT molecular complexity index is 1710. The van der Waals surface area contributed by atoms with Gasteiger partial charge < -0.3 is 42.4 Å². The van der Waals surface area contributed by atoms with Crippen LogP contribution in [0.3, 0.4) is 0 Å². The molecule has 0 fully saturated rings. The van der Waals surface area contributed by atoms with Crippen LogP contribution in [-0.4, -0.2) is 83.4 Å². The fourth-order valence-electron chi connectivity index (χ4n) is 6.16. The molecule has 0 saturated carbocycles. The molecule has 0 aliphatic rings. The summed E-state index contributed by atoms with van der Waals surface area (Å²) in [5.41, 5.74) is 6.36. The molecule has 6 atom stereocenters. The maximum absolute atomic E-state index is 14.3. The summed E-state index contributed by atoms with van der Waals surface area (Å²) >= 11 is 0. The zero-order chi connectivity index (χ0) is 44.6. The molecule has 0 aliphatic heterocycles. The predicted octanol–water partition coefficient (Wildman–Crippen LogP) is 3.29. The van der Waals surface area contributed by atoms with E-state index in [1.54, 1.807) is 100 Å². The molecule has 0 unspecified atom stereocenters. The van der Waals surface area contributed by atoms with Gasteiger partial charge in [0.1, 0.15) is 41.9 Å². The highest BCUT2D eigenvalue weighted by molar-refractivity contribution is 5.97. The molecule has 7 amide bonds. The van der Waals surface area contributed by atoms with Crippen LogP contribution in [0.15, 0.2) is 60.7 Å². The third-order valence-electron chi connectivity index (χ3n) is 9.50. The van der Waals surface area contributed by atoms with E-state index < -0.39 is 95.2 Å². The summed E-state index contributed by atoms with van der Waals surface area (Å²) in [5.74, 6) is -5.41. The normalized spacial score (nSPS) is 14.6. The first-order chi connectivity index (χ1) is 27.5. The second kappa shape index (κ2) is 23.2. The number of primary amides is 1. The second-order valence-corrected chi connectivity index (χ2v) is 17.3. The van der Waals surface area contributed by atoms with E-state index in [1.165, 1.54) is 0 Å². The van der Waals surface area contributed by atoms with Crippen molar-refractivity contribution in [1.82, 2.24) is 31.9 Å². The van der Waals surface area contributed by atoms with Gasteiger partial charge >= 0.3 is 6.09 Å². The number of carbonyl (C=O) groups is 7. The molecule has 8 N–H and O–H groups in total. The second-order valence-electron chi connectivity index (χ2n) is 17.3. The van der Waals surface area contributed by atoms with Crippen LogP contribution >= 0.6 is 0 Å².